The number of aromatic amines is 1. The van der Waals surface area contributed by atoms with E-state index in [1.165, 1.54) is 11.9 Å². The quantitative estimate of drug-likeness (QED) is 0.768. The van der Waals surface area contributed by atoms with Gasteiger partial charge in [0.15, 0.2) is 5.69 Å². The topological polar surface area (TPSA) is 81.3 Å². The van der Waals surface area contributed by atoms with Gasteiger partial charge in [0.05, 0.1) is 6.33 Å². The molecule has 2 N–H and O–H groups in total. The van der Waals surface area contributed by atoms with Crippen molar-refractivity contribution >= 4 is 11.8 Å². The second-order valence-corrected chi connectivity index (χ2v) is 7.62. The van der Waals surface area contributed by atoms with Crippen molar-refractivity contribution in [1.29, 1.82) is 0 Å². The molecule has 28 heavy (non-hydrogen) atoms. The third kappa shape index (κ3) is 5.19. The Hall–Kier alpha value is -2.67. The van der Waals surface area contributed by atoms with E-state index in [4.69, 9.17) is 0 Å². The number of carbonyl (C=O) groups excluding carboxylic acids is 2. The summed E-state index contributed by atoms with van der Waals surface area (Å²) < 4.78 is 0. The van der Waals surface area contributed by atoms with E-state index >= 15 is 0 Å². The smallest absolute Gasteiger partial charge is 0.272 e. The molecule has 7 heteroatoms. The van der Waals surface area contributed by atoms with Crippen LogP contribution in [-0.4, -0.2) is 64.3 Å². The van der Waals surface area contributed by atoms with Gasteiger partial charge in [0.2, 0.25) is 0 Å². The van der Waals surface area contributed by atoms with Gasteiger partial charge in [-0.25, -0.2) is 4.98 Å². The normalized spacial score (nSPS) is 15.0. The van der Waals surface area contributed by atoms with Crippen LogP contribution in [-0.2, 0) is 6.54 Å². The third-order valence-corrected chi connectivity index (χ3v) is 4.98. The standard InChI is InChI=1S/C21H29N5O2/c1-16(2)8-9-22-20(27)18-19(24-15-23-18)21(28)26-12-10-25(11-13-26)14-17-6-4-3-5-7-17/h3-7,15-16H,8-14H2,1-2H3,(H,22,27)(H,23,24). The summed E-state index contributed by atoms with van der Waals surface area (Å²) in [7, 11) is 0. The Bertz CT molecular complexity index is 779. The number of H-pyrrole nitrogens is 1. The Labute approximate surface area is 166 Å². The first kappa shape index (κ1) is 20.1. The van der Waals surface area contributed by atoms with Crippen LogP contribution in [0.3, 0.4) is 0 Å². The van der Waals surface area contributed by atoms with Crippen LogP contribution < -0.4 is 5.32 Å². The van der Waals surface area contributed by atoms with Gasteiger partial charge in [-0.1, -0.05) is 44.2 Å². The fourth-order valence-corrected chi connectivity index (χ4v) is 3.30. The van der Waals surface area contributed by atoms with Crippen molar-refractivity contribution in [2.75, 3.05) is 32.7 Å². The molecule has 3 rings (SSSR count). The maximum Gasteiger partial charge on any atom is 0.272 e. The van der Waals surface area contributed by atoms with Crippen molar-refractivity contribution in [2.24, 2.45) is 5.92 Å². The first-order valence-electron chi connectivity index (χ1n) is 9.91. The van der Waals surface area contributed by atoms with Gasteiger partial charge in [-0.05, 0) is 17.9 Å². The molecule has 7 nitrogen and oxygen atoms in total. The molecule has 0 radical (unpaired) electrons. The van der Waals surface area contributed by atoms with Crippen molar-refractivity contribution in [2.45, 2.75) is 26.8 Å². The lowest BCUT2D eigenvalue weighted by molar-refractivity contribution is 0.0619. The molecular formula is C21H29N5O2. The van der Waals surface area contributed by atoms with Gasteiger partial charge >= 0.3 is 0 Å². The fraction of sp³-hybridized carbons (Fsp3) is 0.476. The Balaban J connectivity index is 1.54. The van der Waals surface area contributed by atoms with Gasteiger partial charge in [0.1, 0.15) is 5.69 Å². The molecule has 2 heterocycles. The van der Waals surface area contributed by atoms with Crippen LogP contribution in [0.1, 0.15) is 46.8 Å². The van der Waals surface area contributed by atoms with E-state index in [0.717, 1.165) is 26.1 Å². The van der Waals surface area contributed by atoms with Crippen molar-refractivity contribution in [1.82, 2.24) is 25.1 Å². The van der Waals surface area contributed by atoms with Crippen LogP contribution in [0.5, 0.6) is 0 Å². The van der Waals surface area contributed by atoms with E-state index in [9.17, 15) is 9.59 Å². The molecule has 0 saturated carbocycles. The van der Waals surface area contributed by atoms with Crippen LogP contribution in [0.4, 0.5) is 0 Å². The summed E-state index contributed by atoms with van der Waals surface area (Å²) in [5, 5.41) is 2.85. The summed E-state index contributed by atoms with van der Waals surface area (Å²) in [6, 6.07) is 10.3. The second kappa shape index (κ2) is 9.50. The highest BCUT2D eigenvalue weighted by Gasteiger charge is 2.27. The molecular weight excluding hydrogens is 354 g/mol. The molecule has 0 atom stereocenters. The zero-order valence-corrected chi connectivity index (χ0v) is 16.6. The summed E-state index contributed by atoms with van der Waals surface area (Å²) in [4.78, 5) is 36.3. The van der Waals surface area contributed by atoms with E-state index in [1.807, 2.05) is 18.2 Å². The fourth-order valence-electron chi connectivity index (χ4n) is 3.30. The Morgan fingerprint density at radius 3 is 2.54 bits per heavy atom. The molecule has 2 aromatic rings. The molecule has 1 saturated heterocycles. The summed E-state index contributed by atoms with van der Waals surface area (Å²) in [6.07, 6.45) is 2.30. The number of piperazine rings is 1. The molecule has 1 aromatic heterocycles. The average Bonchev–Trinajstić information content (AvgIpc) is 3.18. The molecule has 0 spiro atoms. The number of imidazole rings is 1. The van der Waals surface area contributed by atoms with Gasteiger partial charge in [0, 0.05) is 39.3 Å². The number of carbonyl (C=O) groups is 2. The summed E-state index contributed by atoms with van der Waals surface area (Å²) in [6.45, 7) is 8.57. The SMILES string of the molecule is CC(C)CCNC(=O)c1nc[nH]c1C(=O)N1CCN(Cc2ccccc2)CC1. The number of hydrogen-bond donors (Lipinski definition) is 2. The Morgan fingerprint density at radius 2 is 1.86 bits per heavy atom. The molecule has 0 bridgehead atoms. The lowest BCUT2D eigenvalue weighted by Crippen LogP contribution is -2.48. The lowest BCUT2D eigenvalue weighted by Gasteiger charge is -2.34. The van der Waals surface area contributed by atoms with Crippen LogP contribution in [0.25, 0.3) is 0 Å². The molecule has 2 amide bonds. The third-order valence-electron chi connectivity index (χ3n) is 4.98. The van der Waals surface area contributed by atoms with E-state index in [1.54, 1.807) is 4.90 Å². The minimum absolute atomic E-state index is 0.161. The number of nitrogens with one attached hydrogen (secondary N) is 2. The number of amides is 2. The highest BCUT2D eigenvalue weighted by atomic mass is 16.2. The number of hydrogen-bond acceptors (Lipinski definition) is 4. The first-order chi connectivity index (χ1) is 13.5. The van der Waals surface area contributed by atoms with Gasteiger partial charge in [-0.2, -0.15) is 0 Å². The maximum atomic E-state index is 12.9. The van der Waals surface area contributed by atoms with E-state index in [-0.39, 0.29) is 23.2 Å². The Morgan fingerprint density at radius 1 is 1.14 bits per heavy atom. The highest BCUT2D eigenvalue weighted by molar-refractivity contribution is 6.04. The molecule has 1 aromatic carbocycles. The maximum absolute atomic E-state index is 12.9. The average molecular weight is 383 g/mol. The molecule has 1 aliphatic rings. The lowest BCUT2D eigenvalue weighted by atomic mass is 10.1. The van der Waals surface area contributed by atoms with Crippen LogP contribution in [0.2, 0.25) is 0 Å². The van der Waals surface area contributed by atoms with Crippen LogP contribution >= 0.6 is 0 Å². The Kier molecular flexibility index (Phi) is 6.81. The summed E-state index contributed by atoms with van der Waals surface area (Å²) >= 11 is 0. The van der Waals surface area contributed by atoms with E-state index in [2.05, 4.69) is 46.2 Å². The molecule has 150 valence electrons. The predicted molar refractivity (Wildman–Crippen MR) is 108 cm³/mol. The van der Waals surface area contributed by atoms with E-state index < -0.39 is 0 Å². The van der Waals surface area contributed by atoms with Crippen molar-refractivity contribution in [3.05, 3.63) is 53.6 Å². The summed E-state index contributed by atoms with van der Waals surface area (Å²) in [5.74, 6) is 0.0478. The van der Waals surface area contributed by atoms with Crippen molar-refractivity contribution < 1.29 is 9.59 Å². The number of benzene rings is 1. The summed E-state index contributed by atoms with van der Waals surface area (Å²) in [5.41, 5.74) is 1.73. The van der Waals surface area contributed by atoms with Gasteiger partial charge < -0.3 is 15.2 Å². The zero-order valence-electron chi connectivity index (χ0n) is 16.6. The number of rotatable bonds is 7. The molecule has 1 fully saturated rings. The second-order valence-electron chi connectivity index (χ2n) is 7.62. The van der Waals surface area contributed by atoms with Crippen molar-refractivity contribution in [3.8, 4) is 0 Å². The molecule has 0 aliphatic carbocycles. The number of aromatic nitrogens is 2. The minimum Gasteiger partial charge on any atom is -0.351 e. The predicted octanol–water partition coefficient (Wildman–Crippen LogP) is 2.14. The first-order valence-corrected chi connectivity index (χ1v) is 9.91. The van der Waals surface area contributed by atoms with Gasteiger partial charge in [0.25, 0.3) is 11.8 Å². The van der Waals surface area contributed by atoms with E-state index in [0.29, 0.717) is 25.6 Å². The largest absolute Gasteiger partial charge is 0.351 e. The van der Waals surface area contributed by atoms with Crippen LogP contribution in [0.15, 0.2) is 36.7 Å². The van der Waals surface area contributed by atoms with Crippen molar-refractivity contribution in [3.63, 3.8) is 0 Å². The highest BCUT2D eigenvalue weighted by Crippen LogP contribution is 2.13. The zero-order chi connectivity index (χ0) is 19.9. The van der Waals surface area contributed by atoms with Gasteiger partial charge in [-0.15, -0.1) is 0 Å². The number of nitrogens with zero attached hydrogens (tertiary/aromatic N) is 3. The monoisotopic (exact) mass is 383 g/mol. The molecule has 1 aliphatic heterocycles. The molecule has 0 unspecified atom stereocenters. The minimum atomic E-state index is -0.298. The van der Waals surface area contributed by atoms with Crippen LogP contribution in [0, 0.1) is 5.92 Å². The van der Waals surface area contributed by atoms with Gasteiger partial charge in [-0.3, -0.25) is 14.5 Å².